The minimum absolute atomic E-state index is 0.140. The molecule has 106 valence electrons. The van der Waals surface area contributed by atoms with E-state index in [0.717, 1.165) is 24.8 Å². The number of furan rings is 1. The zero-order valence-electron chi connectivity index (χ0n) is 11.4. The Morgan fingerprint density at radius 3 is 3.14 bits per heavy atom. The van der Waals surface area contributed by atoms with Crippen LogP contribution in [0, 0.1) is 18.3 Å². The highest BCUT2D eigenvalue weighted by atomic mass is 16.3. The van der Waals surface area contributed by atoms with Crippen molar-refractivity contribution in [2.24, 2.45) is 5.92 Å². The monoisotopic (exact) mass is 281 g/mol. The van der Waals surface area contributed by atoms with Gasteiger partial charge < -0.3 is 15.1 Å². The van der Waals surface area contributed by atoms with E-state index in [-0.39, 0.29) is 11.9 Å². The second-order valence-corrected chi connectivity index (χ2v) is 5.78. The van der Waals surface area contributed by atoms with E-state index in [2.05, 4.69) is 21.5 Å². The van der Waals surface area contributed by atoms with Gasteiger partial charge in [0.2, 0.25) is 0 Å². The molecular formula is C16H15N3O2. The Hall–Kier alpha value is -2.32. The van der Waals surface area contributed by atoms with Crippen LogP contribution in [0.3, 0.4) is 0 Å². The summed E-state index contributed by atoms with van der Waals surface area (Å²) < 4.78 is 5.30. The van der Waals surface area contributed by atoms with E-state index < -0.39 is 0 Å². The summed E-state index contributed by atoms with van der Waals surface area (Å²) in [5.74, 6) is 2.95. The molecule has 1 saturated heterocycles. The molecule has 1 aliphatic carbocycles. The van der Waals surface area contributed by atoms with Gasteiger partial charge in [-0.25, -0.2) is 4.98 Å². The number of nitrogens with one attached hydrogen (secondary N) is 2. The number of aromatic nitrogens is 1. The molecule has 4 rings (SSSR count). The van der Waals surface area contributed by atoms with Crippen molar-refractivity contribution < 1.29 is 9.21 Å². The van der Waals surface area contributed by atoms with E-state index in [0.29, 0.717) is 28.8 Å². The maximum absolute atomic E-state index is 12.4. The fourth-order valence-corrected chi connectivity index (χ4v) is 3.42. The van der Waals surface area contributed by atoms with E-state index in [9.17, 15) is 4.79 Å². The van der Waals surface area contributed by atoms with Crippen LogP contribution in [-0.2, 0) is 0 Å². The highest BCUT2D eigenvalue weighted by molar-refractivity contribution is 5.96. The molecule has 2 aromatic heterocycles. The van der Waals surface area contributed by atoms with E-state index in [4.69, 9.17) is 10.8 Å². The van der Waals surface area contributed by atoms with E-state index in [1.807, 2.05) is 0 Å². The van der Waals surface area contributed by atoms with Crippen LogP contribution in [0.25, 0.3) is 11.0 Å². The molecule has 3 atom stereocenters. The van der Waals surface area contributed by atoms with Gasteiger partial charge in [0.25, 0.3) is 5.91 Å². The number of amides is 1. The van der Waals surface area contributed by atoms with Crippen LogP contribution >= 0.6 is 0 Å². The van der Waals surface area contributed by atoms with Crippen LogP contribution in [0.2, 0.25) is 0 Å². The third kappa shape index (κ3) is 1.99. The lowest BCUT2D eigenvalue weighted by Gasteiger charge is -2.23. The first-order chi connectivity index (χ1) is 10.2. The summed E-state index contributed by atoms with van der Waals surface area (Å²) in [6.45, 7) is 0.991. The highest BCUT2D eigenvalue weighted by Gasteiger charge is 2.40. The van der Waals surface area contributed by atoms with Crippen molar-refractivity contribution in [2.45, 2.75) is 24.9 Å². The Kier molecular flexibility index (Phi) is 2.72. The number of rotatable bonds is 2. The molecular weight excluding hydrogens is 266 g/mol. The lowest BCUT2D eigenvalue weighted by atomic mass is 10.0. The van der Waals surface area contributed by atoms with Crippen molar-refractivity contribution in [1.82, 2.24) is 15.6 Å². The van der Waals surface area contributed by atoms with Crippen molar-refractivity contribution in [3.05, 3.63) is 29.8 Å². The molecule has 1 saturated carbocycles. The van der Waals surface area contributed by atoms with Gasteiger partial charge in [0.15, 0.2) is 5.58 Å². The number of fused-ring (bicyclic) bond motifs is 3. The first-order valence-corrected chi connectivity index (χ1v) is 7.12. The molecule has 2 bridgehead atoms. The number of terminal acetylenes is 1. The highest BCUT2D eigenvalue weighted by Crippen LogP contribution is 2.31. The van der Waals surface area contributed by atoms with Crippen LogP contribution in [0.1, 0.15) is 28.9 Å². The average molecular weight is 281 g/mol. The Balaban J connectivity index is 1.58. The molecule has 0 spiro atoms. The standard InChI is InChI=1S/C16H15N3O2/c1-2-9-8-21-15-7-18-14(5-12(9)15)16(20)19-13-4-11-3-10(13)6-17-11/h1,5,7-8,10-11,13,17H,3-4,6H2,(H,19,20). The van der Waals surface area contributed by atoms with Gasteiger partial charge in [0, 0.05) is 24.0 Å². The van der Waals surface area contributed by atoms with Crippen LogP contribution < -0.4 is 10.6 Å². The smallest absolute Gasteiger partial charge is 0.270 e. The van der Waals surface area contributed by atoms with Crippen LogP contribution in [0.5, 0.6) is 0 Å². The lowest BCUT2D eigenvalue weighted by Crippen LogP contribution is -2.44. The van der Waals surface area contributed by atoms with Crippen molar-refractivity contribution in [2.75, 3.05) is 6.54 Å². The lowest BCUT2D eigenvalue weighted by molar-refractivity contribution is 0.0920. The number of hydrogen-bond donors (Lipinski definition) is 2. The van der Waals surface area contributed by atoms with Crippen molar-refractivity contribution >= 4 is 16.9 Å². The molecule has 1 aliphatic heterocycles. The second-order valence-electron chi connectivity index (χ2n) is 5.78. The molecule has 3 unspecified atom stereocenters. The summed E-state index contributed by atoms with van der Waals surface area (Å²) in [5.41, 5.74) is 1.63. The second kappa shape index (κ2) is 4.61. The fraction of sp³-hybridized carbons (Fsp3) is 0.375. The third-order valence-electron chi connectivity index (χ3n) is 4.53. The molecule has 2 aromatic rings. The molecule has 5 heteroatoms. The van der Waals surface area contributed by atoms with Gasteiger partial charge in [0.05, 0.1) is 11.8 Å². The van der Waals surface area contributed by atoms with Crippen molar-refractivity contribution in [3.8, 4) is 12.3 Å². The van der Waals surface area contributed by atoms with E-state index in [1.165, 1.54) is 6.26 Å². The predicted molar refractivity (Wildman–Crippen MR) is 77.7 cm³/mol. The topological polar surface area (TPSA) is 67.2 Å². The molecule has 2 aliphatic rings. The van der Waals surface area contributed by atoms with Gasteiger partial charge in [-0.3, -0.25) is 4.79 Å². The van der Waals surface area contributed by atoms with Gasteiger partial charge in [0.1, 0.15) is 12.0 Å². The number of carbonyl (C=O) groups is 1. The van der Waals surface area contributed by atoms with Crippen LogP contribution in [0.4, 0.5) is 0 Å². The largest absolute Gasteiger partial charge is 0.461 e. The Morgan fingerprint density at radius 2 is 2.43 bits per heavy atom. The summed E-state index contributed by atoms with van der Waals surface area (Å²) >= 11 is 0. The molecule has 1 amide bonds. The van der Waals surface area contributed by atoms with E-state index >= 15 is 0 Å². The van der Waals surface area contributed by atoms with Gasteiger partial charge in [-0.15, -0.1) is 6.42 Å². The Morgan fingerprint density at radius 1 is 1.52 bits per heavy atom. The quantitative estimate of drug-likeness (QED) is 0.814. The zero-order valence-corrected chi connectivity index (χ0v) is 11.4. The van der Waals surface area contributed by atoms with Gasteiger partial charge >= 0.3 is 0 Å². The maximum Gasteiger partial charge on any atom is 0.270 e. The zero-order chi connectivity index (χ0) is 14.4. The summed E-state index contributed by atoms with van der Waals surface area (Å²) in [6, 6.07) is 2.50. The number of nitrogens with zero attached hydrogens (tertiary/aromatic N) is 1. The number of carbonyl (C=O) groups excluding carboxylic acids is 1. The van der Waals surface area contributed by atoms with Gasteiger partial charge in [-0.05, 0) is 24.8 Å². The number of piperidine rings is 1. The summed E-state index contributed by atoms with van der Waals surface area (Å²) in [5, 5.41) is 7.29. The normalized spacial score (nSPS) is 26.9. The fourth-order valence-electron chi connectivity index (χ4n) is 3.42. The first-order valence-electron chi connectivity index (χ1n) is 7.12. The molecule has 5 nitrogen and oxygen atoms in total. The third-order valence-corrected chi connectivity index (χ3v) is 4.53. The van der Waals surface area contributed by atoms with Gasteiger partial charge in [-0.1, -0.05) is 5.92 Å². The summed E-state index contributed by atoms with van der Waals surface area (Å²) in [7, 11) is 0. The minimum atomic E-state index is -0.140. The molecule has 21 heavy (non-hydrogen) atoms. The average Bonchev–Trinajstić information content (AvgIpc) is 3.21. The Labute approximate surface area is 122 Å². The SMILES string of the molecule is C#Cc1coc2cnc(C(=O)NC3CC4CC3CN4)cc12. The van der Waals surface area contributed by atoms with Crippen LogP contribution in [0.15, 0.2) is 22.9 Å². The minimum Gasteiger partial charge on any atom is -0.461 e. The predicted octanol–water partition coefficient (Wildman–Crippen LogP) is 1.29. The molecule has 2 N–H and O–H groups in total. The van der Waals surface area contributed by atoms with Crippen LogP contribution in [-0.4, -0.2) is 29.5 Å². The molecule has 0 radical (unpaired) electrons. The summed E-state index contributed by atoms with van der Waals surface area (Å²) in [4.78, 5) is 16.5. The van der Waals surface area contributed by atoms with E-state index in [1.54, 1.807) is 12.3 Å². The van der Waals surface area contributed by atoms with Crippen molar-refractivity contribution in [3.63, 3.8) is 0 Å². The molecule has 2 fully saturated rings. The first kappa shape index (κ1) is 12.4. The molecule has 3 heterocycles. The Bertz CT molecular complexity index is 758. The number of pyridine rings is 1. The maximum atomic E-state index is 12.4. The van der Waals surface area contributed by atoms with Crippen molar-refractivity contribution in [1.29, 1.82) is 0 Å². The molecule has 0 aromatic carbocycles. The number of hydrogen-bond acceptors (Lipinski definition) is 4. The summed E-state index contributed by atoms with van der Waals surface area (Å²) in [6.07, 6.45) is 10.6. The van der Waals surface area contributed by atoms with Gasteiger partial charge in [-0.2, -0.15) is 0 Å².